The standard InChI is InChI=1S/C13H20N2O5/c1-12(2,3)8-7(9(16)17)19-10(14-8)15-11(18)20-13(4,5)6/h1-6H3,(H,16,17)(H,14,15,18). The monoisotopic (exact) mass is 284 g/mol. The van der Waals surface area contributed by atoms with Gasteiger partial charge in [-0.3, -0.25) is 0 Å². The van der Waals surface area contributed by atoms with Gasteiger partial charge in [-0.05, 0) is 20.8 Å². The summed E-state index contributed by atoms with van der Waals surface area (Å²) in [6.07, 6.45) is -0.754. The van der Waals surface area contributed by atoms with Crippen molar-refractivity contribution in [2.75, 3.05) is 5.32 Å². The van der Waals surface area contributed by atoms with Crippen molar-refractivity contribution in [1.82, 2.24) is 4.98 Å². The lowest BCUT2D eigenvalue weighted by Gasteiger charge is -2.18. The highest BCUT2D eigenvalue weighted by molar-refractivity contribution is 5.87. The fraction of sp³-hybridized carbons (Fsp3) is 0.615. The van der Waals surface area contributed by atoms with E-state index in [1.165, 1.54) is 0 Å². The van der Waals surface area contributed by atoms with E-state index in [1.807, 2.05) is 0 Å². The number of anilines is 1. The van der Waals surface area contributed by atoms with Gasteiger partial charge < -0.3 is 14.3 Å². The molecule has 0 aliphatic heterocycles. The number of ether oxygens (including phenoxy) is 1. The Balaban J connectivity index is 2.99. The number of oxazole rings is 1. The van der Waals surface area contributed by atoms with Gasteiger partial charge in [0.2, 0.25) is 5.76 Å². The quantitative estimate of drug-likeness (QED) is 0.865. The molecule has 0 radical (unpaired) electrons. The Kier molecular flexibility index (Phi) is 4.12. The average Bonchev–Trinajstić information content (AvgIpc) is 2.57. The van der Waals surface area contributed by atoms with E-state index in [1.54, 1.807) is 41.5 Å². The van der Waals surface area contributed by atoms with E-state index >= 15 is 0 Å². The number of nitrogens with one attached hydrogen (secondary N) is 1. The molecule has 0 saturated carbocycles. The molecular formula is C13H20N2O5. The summed E-state index contributed by atoms with van der Waals surface area (Å²) >= 11 is 0. The fourth-order valence-corrected chi connectivity index (χ4v) is 1.42. The van der Waals surface area contributed by atoms with Gasteiger partial charge in [0.1, 0.15) is 11.3 Å². The maximum atomic E-state index is 11.6. The van der Waals surface area contributed by atoms with Gasteiger partial charge in [-0.1, -0.05) is 20.8 Å². The molecule has 1 aromatic heterocycles. The van der Waals surface area contributed by atoms with E-state index in [0.717, 1.165) is 0 Å². The summed E-state index contributed by atoms with van der Waals surface area (Å²) in [5.74, 6) is -1.52. The molecule has 0 bridgehead atoms. The van der Waals surface area contributed by atoms with Crippen molar-refractivity contribution in [3.05, 3.63) is 11.5 Å². The lowest BCUT2D eigenvalue weighted by atomic mass is 9.91. The van der Waals surface area contributed by atoms with Crippen LogP contribution in [-0.2, 0) is 10.2 Å². The smallest absolute Gasteiger partial charge is 0.415 e. The van der Waals surface area contributed by atoms with Crippen LogP contribution in [0.5, 0.6) is 0 Å². The van der Waals surface area contributed by atoms with Gasteiger partial charge in [-0.25, -0.2) is 14.9 Å². The van der Waals surface area contributed by atoms with Crippen LogP contribution in [0, 0.1) is 0 Å². The van der Waals surface area contributed by atoms with E-state index in [-0.39, 0.29) is 17.5 Å². The van der Waals surface area contributed by atoms with Crippen molar-refractivity contribution in [3.63, 3.8) is 0 Å². The number of carboxylic acids is 1. The van der Waals surface area contributed by atoms with Crippen molar-refractivity contribution >= 4 is 18.1 Å². The van der Waals surface area contributed by atoms with Gasteiger partial charge in [0.05, 0.1) is 0 Å². The lowest BCUT2D eigenvalue weighted by Crippen LogP contribution is -2.27. The highest BCUT2D eigenvalue weighted by atomic mass is 16.6. The molecule has 1 aromatic rings. The molecule has 0 spiro atoms. The number of rotatable bonds is 2. The van der Waals surface area contributed by atoms with E-state index in [9.17, 15) is 9.59 Å². The molecule has 0 saturated heterocycles. The van der Waals surface area contributed by atoms with Crippen molar-refractivity contribution in [2.24, 2.45) is 0 Å². The third-order valence-electron chi connectivity index (χ3n) is 2.14. The predicted molar refractivity (Wildman–Crippen MR) is 72.0 cm³/mol. The molecule has 0 fully saturated rings. The molecule has 20 heavy (non-hydrogen) atoms. The van der Waals surface area contributed by atoms with Crippen molar-refractivity contribution in [3.8, 4) is 0 Å². The molecule has 112 valence electrons. The first-order valence-electron chi connectivity index (χ1n) is 6.15. The highest BCUT2D eigenvalue weighted by Gasteiger charge is 2.29. The van der Waals surface area contributed by atoms with E-state index in [4.69, 9.17) is 14.3 Å². The number of hydrogen-bond donors (Lipinski definition) is 2. The van der Waals surface area contributed by atoms with Crippen LogP contribution in [0.4, 0.5) is 10.8 Å². The first-order chi connectivity index (χ1) is 8.90. The van der Waals surface area contributed by atoms with Crippen molar-refractivity contribution in [1.29, 1.82) is 0 Å². The molecule has 0 aliphatic rings. The van der Waals surface area contributed by atoms with Crippen LogP contribution in [0.2, 0.25) is 0 Å². The third-order valence-corrected chi connectivity index (χ3v) is 2.14. The minimum Gasteiger partial charge on any atom is -0.475 e. The number of hydrogen-bond acceptors (Lipinski definition) is 5. The maximum Gasteiger partial charge on any atom is 0.415 e. The Hall–Kier alpha value is -2.05. The number of aromatic nitrogens is 1. The predicted octanol–water partition coefficient (Wildman–Crippen LogP) is 3.02. The van der Waals surface area contributed by atoms with Crippen LogP contribution in [0.1, 0.15) is 57.8 Å². The topological polar surface area (TPSA) is 102 Å². The summed E-state index contributed by atoms with van der Waals surface area (Å²) in [4.78, 5) is 26.7. The number of aromatic carboxylic acids is 1. The lowest BCUT2D eigenvalue weighted by molar-refractivity contribution is 0.0618. The van der Waals surface area contributed by atoms with E-state index in [0.29, 0.717) is 0 Å². The number of carbonyl (C=O) groups excluding carboxylic acids is 1. The normalized spacial score (nSPS) is 12.1. The minimum absolute atomic E-state index is 0.193. The summed E-state index contributed by atoms with van der Waals surface area (Å²) in [6.45, 7) is 10.5. The summed E-state index contributed by atoms with van der Waals surface area (Å²) in [5, 5.41) is 11.4. The van der Waals surface area contributed by atoms with Crippen LogP contribution >= 0.6 is 0 Å². The molecule has 0 aromatic carbocycles. The Bertz CT molecular complexity index is 520. The summed E-state index contributed by atoms with van der Waals surface area (Å²) in [7, 11) is 0. The van der Waals surface area contributed by atoms with Crippen LogP contribution < -0.4 is 5.32 Å². The van der Waals surface area contributed by atoms with E-state index < -0.39 is 23.1 Å². The first kappa shape index (κ1) is 16.0. The van der Waals surface area contributed by atoms with Gasteiger partial charge in [0.25, 0.3) is 0 Å². The van der Waals surface area contributed by atoms with Gasteiger partial charge in [0, 0.05) is 5.41 Å². The average molecular weight is 284 g/mol. The molecule has 1 heterocycles. The number of carboxylic acid groups (broad SMARTS) is 1. The highest BCUT2D eigenvalue weighted by Crippen LogP contribution is 2.28. The molecule has 2 N–H and O–H groups in total. The third kappa shape index (κ3) is 4.25. The van der Waals surface area contributed by atoms with Crippen LogP contribution in [0.25, 0.3) is 0 Å². The number of amides is 1. The van der Waals surface area contributed by atoms with E-state index in [2.05, 4.69) is 10.3 Å². The summed E-state index contributed by atoms with van der Waals surface area (Å²) in [6, 6.07) is -0.193. The summed E-state index contributed by atoms with van der Waals surface area (Å²) < 4.78 is 10.1. The zero-order valence-corrected chi connectivity index (χ0v) is 12.5. The molecule has 1 amide bonds. The van der Waals surface area contributed by atoms with Crippen LogP contribution in [0.3, 0.4) is 0 Å². The molecule has 1 rings (SSSR count). The van der Waals surface area contributed by atoms with Crippen LogP contribution in [-0.4, -0.2) is 27.8 Å². The number of carbonyl (C=O) groups is 2. The second-order valence-corrected chi connectivity index (χ2v) is 6.38. The zero-order valence-electron chi connectivity index (χ0n) is 12.5. The molecule has 7 nitrogen and oxygen atoms in total. The molecule has 0 unspecified atom stereocenters. The van der Waals surface area contributed by atoms with Gasteiger partial charge in [-0.15, -0.1) is 0 Å². The van der Waals surface area contributed by atoms with Gasteiger partial charge in [-0.2, -0.15) is 4.98 Å². The zero-order chi connectivity index (χ0) is 15.7. The Morgan fingerprint density at radius 2 is 1.75 bits per heavy atom. The Morgan fingerprint density at radius 1 is 1.20 bits per heavy atom. The number of nitrogens with zero attached hydrogens (tertiary/aromatic N) is 1. The Labute approximate surface area is 117 Å². The second kappa shape index (κ2) is 5.15. The SMILES string of the molecule is CC(C)(C)OC(=O)Nc1nc(C(C)(C)C)c(C(=O)O)o1. The van der Waals surface area contributed by atoms with Crippen molar-refractivity contribution in [2.45, 2.75) is 52.6 Å². The molecule has 7 heteroatoms. The van der Waals surface area contributed by atoms with Gasteiger partial charge in [0.15, 0.2) is 0 Å². The second-order valence-electron chi connectivity index (χ2n) is 6.38. The van der Waals surface area contributed by atoms with Crippen molar-refractivity contribution < 1.29 is 23.8 Å². The fourth-order valence-electron chi connectivity index (χ4n) is 1.42. The maximum absolute atomic E-state index is 11.6. The minimum atomic E-state index is -1.24. The molecular weight excluding hydrogens is 264 g/mol. The first-order valence-corrected chi connectivity index (χ1v) is 6.15. The summed E-state index contributed by atoms with van der Waals surface area (Å²) in [5.41, 5.74) is -0.930. The molecule has 0 atom stereocenters. The van der Waals surface area contributed by atoms with Crippen LogP contribution in [0.15, 0.2) is 4.42 Å². The molecule has 0 aliphatic carbocycles. The Morgan fingerprint density at radius 3 is 2.10 bits per heavy atom. The van der Waals surface area contributed by atoms with Gasteiger partial charge >= 0.3 is 18.1 Å². The largest absolute Gasteiger partial charge is 0.475 e.